The Bertz CT molecular complexity index is 1470. The Morgan fingerprint density at radius 3 is 2.51 bits per heavy atom. The van der Waals surface area contributed by atoms with E-state index in [1.807, 2.05) is 32.0 Å². The Hall–Kier alpha value is -4.42. The molecule has 39 heavy (non-hydrogen) atoms. The van der Waals surface area contributed by atoms with Crippen molar-refractivity contribution in [3.63, 3.8) is 0 Å². The van der Waals surface area contributed by atoms with Gasteiger partial charge in [0.15, 0.2) is 0 Å². The van der Waals surface area contributed by atoms with Crippen molar-refractivity contribution in [3.05, 3.63) is 99.6 Å². The van der Waals surface area contributed by atoms with E-state index in [2.05, 4.69) is 22.0 Å². The lowest BCUT2D eigenvalue weighted by molar-refractivity contribution is -0.114. The van der Waals surface area contributed by atoms with E-state index in [1.165, 1.54) is 18.0 Å². The van der Waals surface area contributed by atoms with Crippen LogP contribution in [0.4, 0.5) is 11.4 Å². The minimum absolute atomic E-state index is 0.0578. The Morgan fingerprint density at radius 2 is 1.87 bits per heavy atom. The van der Waals surface area contributed by atoms with Crippen LogP contribution in [0.2, 0.25) is 0 Å². The molecule has 9 heteroatoms. The maximum Gasteiger partial charge on any atom is 0.254 e. The molecule has 8 nitrogen and oxygen atoms in total. The van der Waals surface area contributed by atoms with Gasteiger partial charge in [0.1, 0.15) is 11.5 Å². The smallest absolute Gasteiger partial charge is 0.254 e. The summed E-state index contributed by atoms with van der Waals surface area (Å²) in [5.74, 6) is -0.0617. The van der Waals surface area contributed by atoms with Crippen molar-refractivity contribution in [2.24, 2.45) is 0 Å². The number of rotatable bonds is 9. The topological polar surface area (TPSA) is 116 Å². The van der Waals surface area contributed by atoms with Gasteiger partial charge in [-0.25, -0.2) is 0 Å². The van der Waals surface area contributed by atoms with Crippen molar-refractivity contribution in [2.75, 3.05) is 23.5 Å². The third-order valence-corrected chi connectivity index (χ3v) is 7.44. The first-order chi connectivity index (χ1) is 18.9. The lowest BCUT2D eigenvalue weighted by Crippen LogP contribution is -2.31. The van der Waals surface area contributed by atoms with Crippen LogP contribution in [0.25, 0.3) is 0 Å². The number of anilines is 2. The molecule has 1 aliphatic rings. The van der Waals surface area contributed by atoms with Crippen LogP contribution in [0.5, 0.6) is 5.75 Å². The number of amides is 2. The average Bonchev–Trinajstić information content (AvgIpc) is 3.47. The van der Waals surface area contributed by atoms with Gasteiger partial charge in [0.25, 0.3) is 5.91 Å². The molecule has 1 aromatic heterocycles. The summed E-state index contributed by atoms with van der Waals surface area (Å²) >= 11 is 1.20. The number of furan rings is 1. The lowest BCUT2D eigenvalue weighted by Gasteiger charge is -2.28. The third kappa shape index (κ3) is 6.19. The molecule has 0 saturated carbocycles. The Morgan fingerprint density at radius 1 is 1.10 bits per heavy atom. The van der Waals surface area contributed by atoms with Crippen LogP contribution in [0.15, 0.2) is 87.1 Å². The molecule has 4 rings (SSSR count). The number of allylic oxidation sites excluding steroid dienone is 2. The normalized spacial score (nSPS) is 14.9. The number of dihydropyridines is 1. The summed E-state index contributed by atoms with van der Waals surface area (Å²) in [6, 6.07) is 18.7. The van der Waals surface area contributed by atoms with Gasteiger partial charge in [0.2, 0.25) is 5.91 Å². The van der Waals surface area contributed by atoms with Crippen molar-refractivity contribution in [1.29, 1.82) is 5.26 Å². The van der Waals surface area contributed by atoms with Crippen molar-refractivity contribution >= 4 is 35.0 Å². The number of para-hydroxylation sites is 1. The molecule has 0 fully saturated rings. The summed E-state index contributed by atoms with van der Waals surface area (Å²) in [6.45, 7) is 5.77. The molecule has 2 heterocycles. The van der Waals surface area contributed by atoms with E-state index >= 15 is 0 Å². The zero-order valence-electron chi connectivity index (χ0n) is 22.3. The van der Waals surface area contributed by atoms with Gasteiger partial charge in [-0.2, -0.15) is 5.26 Å². The molecule has 1 aliphatic heterocycles. The van der Waals surface area contributed by atoms with E-state index in [0.29, 0.717) is 39.1 Å². The van der Waals surface area contributed by atoms with Gasteiger partial charge in [0, 0.05) is 17.1 Å². The standard InChI is InChI=1S/C30H30N4O4S/c1-5-20-9-6-8-18(2)28(20)34-29(36)26-19(3)32-30(23(16-31)27(26)24-10-7-15-38-24)39-17-25(35)33-21-11-13-22(37-4)14-12-21/h6-15,27,32H,5,17H2,1-4H3,(H,33,35)(H,34,36). The van der Waals surface area contributed by atoms with E-state index in [4.69, 9.17) is 9.15 Å². The Balaban J connectivity index is 1.59. The SMILES string of the molecule is CCc1cccc(C)c1NC(=O)C1=C(C)NC(SCC(=O)Nc2ccc(OC)cc2)=C(C#N)C1c1ccco1. The molecule has 1 unspecified atom stereocenters. The summed E-state index contributed by atoms with van der Waals surface area (Å²) < 4.78 is 10.8. The molecule has 2 amide bonds. The highest BCUT2D eigenvalue weighted by Crippen LogP contribution is 2.41. The Kier molecular flexibility index (Phi) is 8.79. The number of nitrogens with zero attached hydrogens (tertiary/aromatic N) is 1. The molecule has 3 aromatic rings. The second-order valence-corrected chi connectivity index (χ2v) is 9.93. The largest absolute Gasteiger partial charge is 0.497 e. The number of hydrogen-bond donors (Lipinski definition) is 3. The van der Waals surface area contributed by atoms with Crippen LogP contribution < -0.4 is 20.7 Å². The maximum atomic E-state index is 13.7. The van der Waals surface area contributed by atoms with Crippen LogP contribution in [0.1, 0.15) is 36.7 Å². The number of benzene rings is 2. The Labute approximate surface area is 232 Å². The molecule has 2 aromatic carbocycles. The van der Waals surface area contributed by atoms with Crippen LogP contribution in [-0.2, 0) is 16.0 Å². The molecule has 0 bridgehead atoms. The predicted molar refractivity (Wildman–Crippen MR) is 153 cm³/mol. The molecule has 0 spiro atoms. The summed E-state index contributed by atoms with van der Waals surface area (Å²) in [4.78, 5) is 26.4. The molecule has 0 aliphatic carbocycles. The highest BCUT2D eigenvalue weighted by atomic mass is 32.2. The number of thioether (sulfide) groups is 1. The molecular weight excluding hydrogens is 512 g/mol. The van der Waals surface area contributed by atoms with Gasteiger partial charge >= 0.3 is 0 Å². The fourth-order valence-corrected chi connectivity index (χ4v) is 5.35. The van der Waals surface area contributed by atoms with Gasteiger partial charge in [-0.3, -0.25) is 9.59 Å². The molecule has 1 atom stereocenters. The van der Waals surface area contributed by atoms with Crippen LogP contribution in [0, 0.1) is 18.3 Å². The highest BCUT2D eigenvalue weighted by molar-refractivity contribution is 8.03. The summed E-state index contributed by atoms with van der Waals surface area (Å²) in [5, 5.41) is 19.8. The van der Waals surface area contributed by atoms with Crippen molar-refractivity contribution < 1.29 is 18.7 Å². The van der Waals surface area contributed by atoms with Crippen molar-refractivity contribution in [3.8, 4) is 11.8 Å². The molecule has 200 valence electrons. The summed E-state index contributed by atoms with van der Waals surface area (Å²) in [6.07, 6.45) is 2.28. The number of carbonyl (C=O) groups is 2. The van der Waals surface area contributed by atoms with E-state index in [0.717, 1.165) is 23.2 Å². The number of hydrogen-bond acceptors (Lipinski definition) is 7. The minimum atomic E-state index is -0.729. The predicted octanol–water partition coefficient (Wildman–Crippen LogP) is 5.87. The van der Waals surface area contributed by atoms with Gasteiger partial charge in [-0.15, -0.1) is 0 Å². The monoisotopic (exact) mass is 542 g/mol. The fraction of sp³-hybridized carbons (Fsp3) is 0.233. The van der Waals surface area contributed by atoms with Gasteiger partial charge in [-0.05, 0) is 67.8 Å². The number of aryl methyl sites for hydroxylation is 2. The van der Waals surface area contributed by atoms with Gasteiger partial charge < -0.3 is 25.1 Å². The third-order valence-electron chi connectivity index (χ3n) is 6.42. The highest BCUT2D eigenvalue weighted by Gasteiger charge is 2.36. The van der Waals surface area contributed by atoms with Crippen molar-refractivity contribution in [2.45, 2.75) is 33.1 Å². The first-order valence-electron chi connectivity index (χ1n) is 12.5. The molecule has 0 saturated heterocycles. The second-order valence-electron chi connectivity index (χ2n) is 8.95. The van der Waals surface area contributed by atoms with Gasteiger partial charge in [-0.1, -0.05) is 36.9 Å². The van der Waals surface area contributed by atoms with Crippen LogP contribution in [-0.4, -0.2) is 24.7 Å². The second kappa shape index (κ2) is 12.4. The van der Waals surface area contributed by atoms with Crippen LogP contribution >= 0.6 is 11.8 Å². The number of nitriles is 1. The molecule has 3 N–H and O–H groups in total. The van der Waals surface area contributed by atoms with Crippen LogP contribution in [0.3, 0.4) is 0 Å². The fourth-order valence-electron chi connectivity index (χ4n) is 4.46. The average molecular weight is 543 g/mol. The zero-order chi connectivity index (χ0) is 27.9. The zero-order valence-corrected chi connectivity index (χ0v) is 23.1. The van der Waals surface area contributed by atoms with Crippen molar-refractivity contribution in [1.82, 2.24) is 5.32 Å². The molecule has 0 radical (unpaired) electrons. The van der Waals surface area contributed by atoms with E-state index in [-0.39, 0.29) is 17.6 Å². The number of methoxy groups -OCH3 is 1. The number of nitrogens with one attached hydrogen (secondary N) is 3. The first kappa shape index (κ1) is 27.6. The summed E-state index contributed by atoms with van der Waals surface area (Å²) in [7, 11) is 1.58. The van der Waals surface area contributed by atoms with Gasteiger partial charge in [0.05, 0.1) is 47.3 Å². The lowest BCUT2D eigenvalue weighted by atomic mass is 9.85. The summed E-state index contributed by atoms with van der Waals surface area (Å²) in [5.41, 5.74) is 4.66. The maximum absolute atomic E-state index is 13.7. The number of carbonyl (C=O) groups excluding carboxylic acids is 2. The van der Waals surface area contributed by atoms with E-state index in [9.17, 15) is 14.9 Å². The van der Waals surface area contributed by atoms with E-state index < -0.39 is 5.92 Å². The van der Waals surface area contributed by atoms with E-state index in [1.54, 1.807) is 50.4 Å². The molecular formula is C30H30N4O4S. The first-order valence-corrected chi connectivity index (χ1v) is 13.5. The minimum Gasteiger partial charge on any atom is -0.497 e. The quantitative estimate of drug-likeness (QED) is 0.310. The number of ether oxygens (including phenoxy) is 1.